The fraction of sp³-hybridized carbons (Fsp3) is 0.714. The highest BCUT2D eigenvalue weighted by atomic mass is 32.1. The fourth-order valence-corrected chi connectivity index (χ4v) is 3.41. The predicted octanol–water partition coefficient (Wildman–Crippen LogP) is 3.67. The highest BCUT2D eigenvalue weighted by Gasteiger charge is 2.39. The van der Waals surface area contributed by atoms with Crippen molar-refractivity contribution in [2.75, 3.05) is 13.2 Å². The van der Waals surface area contributed by atoms with Gasteiger partial charge in [-0.1, -0.05) is 6.92 Å². The molecule has 1 saturated heterocycles. The van der Waals surface area contributed by atoms with Crippen LogP contribution in [0.25, 0.3) is 0 Å². The topological polar surface area (TPSA) is 21.3 Å². The molecule has 0 aliphatic carbocycles. The Hall–Kier alpha value is -0.380. The fourth-order valence-electron chi connectivity index (χ4n) is 2.67. The van der Waals surface area contributed by atoms with Gasteiger partial charge in [0.2, 0.25) is 0 Å². The van der Waals surface area contributed by atoms with Crippen LogP contribution >= 0.6 is 11.3 Å². The second-order valence-electron chi connectivity index (χ2n) is 5.08. The molecule has 1 fully saturated rings. The molecule has 0 radical (unpaired) electrons. The molecule has 96 valence electrons. The first kappa shape index (κ1) is 13.1. The minimum absolute atomic E-state index is 0.0268. The zero-order valence-electron chi connectivity index (χ0n) is 11.1. The molecule has 1 aromatic rings. The molecule has 0 saturated carbocycles. The van der Waals surface area contributed by atoms with Crippen LogP contribution < -0.4 is 5.32 Å². The van der Waals surface area contributed by atoms with Gasteiger partial charge in [0.15, 0.2) is 0 Å². The van der Waals surface area contributed by atoms with Crippen molar-refractivity contribution in [1.82, 2.24) is 5.32 Å². The van der Waals surface area contributed by atoms with Crippen LogP contribution in [0.3, 0.4) is 0 Å². The van der Waals surface area contributed by atoms with Gasteiger partial charge in [0.05, 0.1) is 11.6 Å². The van der Waals surface area contributed by atoms with E-state index in [2.05, 4.69) is 37.5 Å². The third kappa shape index (κ3) is 2.72. The molecule has 3 heteroatoms. The van der Waals surface area contributed by atoms with E-state index in [1.54, 1.807) is 0 Å². The molecular weight excluding hydrogens is 230 g/mol. The van der Waals surface area contributed by atoms with Crippen molar-refractivity contribution in [1.29, 1.82) is 0 Å². The molecule has 0 amide bonds. The molecule has 1 aliphatic heterocycles. The Morgan fingerprint density at radius 3 is 2.94 bits per heavy atom. The van der Waals surface area contributed by atoms with Crippen LogP contribution in [0.1, 0.15) is 49.6 Å². The van der Waals surface area contributed by atoms with Crippen molar-refractivity contribution in [3.05, 3.63) is 21.9 Å². The summed E-state index contributed by atoms with van der Waals surface area (Å²) < 4.78 is 6.02. The van der Waals surface area contributed by atoms with Gasteiger partial charge in [-0.15, -0.1) is 11.3 Å². The standard InChI is InChI=1S/C14H23NOS/c1-4-8-15-13(12-6-10-17-11(12)2)14(3)7-5-9-16-14/h6,10,13,15H,4-5,7-9H2,1-3H3. The smallest absolute Gasteiger partial charge is 0.0849 e. The summed E-state index contributed by atoms with van der Waals surface area (Å²) in [5, 5.41) is 5.86. The number of rotatable bonds is 5. The lowest BCUT2D eigenvalue weighted by molar-refractivity contribution is -0.0125. The normalized spacial score (nSPS) is 26.3. The number of thiophene rings is 1. The van der Waals surface area contributed by atoms with Crippen LogP contribution in [0.5, 0.6) is 0 Å². The van der Waals surface area contributed by atoms with Gasteiger partial charge in [-0.2, -0.15) is 0 Å². The predicted molar refractivity (Wildman–Crippen MR) is 73.7 cm³/mol. The van der Waals surface area contributed by atoms with E-state index in [0.717, 1.165) is 26.0 Å². The van der Waals surface area contributed by atoms with Crippen LogP contribution in [0, 0.1) is 6.92 Å². The molecule has 1 aromatic heterocycles. The summed E-state index contributed by atoms with van der Waals surface area (Å²) in [4.78, 5) is 1.41. The lowest BCUT2D eigenvalue weighted by Crippen LogP contribution is -2.41. The number of hydrogen-bond donors (Lipinski definition) is 1. The monoisotopic (exact) mass is 253 g/mol. The molecule has 2 atom stereocenters. The maximum Gasteiger partial charge on any atom is 0.0849 e. The molecule has 1 N–H and O–H groups in total. The third-order valence-corrected chi connectivity index (χ3v) is 4.53. The Kier molecular flexibility index (Phi) is 4.23. The lowest BCUT2D eigenvalue weighted by Gasteiger charge is -2.34. The van der Waals surface area contributed by atoms with E-state index in [9.17, 15) is 0 Å². The minimum Gasteiger partial charge on any atom is -0.373 e. The molecular formula is C14H23NOS. The van der Waals surface area contributed by atoms with Crippen LogP contribution in [0.15, 0.2) is 11.4 Å². The number of ether oxygens (including phenoxy) is 1. The van der Waals surface area contributed by atoms with Crippen molar-refractivity contribution in [2.24, 2.45) is 0 Å². The van der Waals surface area contributed by atoms with Crippen LogP contribution in [-0.4, -0.2) is 18.8 Å². The molecule has 1 aliphatic rings. The Morgan fingerprint density at radius 2 is 2.41 bits per heavy atom. The molecule has 0 bridgehead atoms. The zero-order valence-corrected chi connectivity index (χ0v) is 11.9. The first-order valence-corrected chi connectivity index (χ1v) is 7.46. The summed E-state index contributed by atoms with van der Waals surface area (Å²) in [5.41, 5.74) is 1.40. The second kappa shape index (κ2) is 5.51. The summed E-state index contributed by atoms with van der Waals surface area (Å²) in [6.07, 6.45) is 3.50. The van der Waals surface area contributed by atoms with Crippen LogP contribution in [0.4, 0.5) is 0 Å². The van der Waals surface area contributed by atoms with E-state index in [1.807, 2.05) is 11.3 Å². The van der Waals surface area contributed by atoms with Crippen LogP contribution in [-0.2, 0) is 4.74 Å². The molecule has 0 spiro atoms. The summed E-state index contributed by atoms with van der Waals surface area (Å²) in [7, 11) is 0. The van der Waals surface area contributed by atoms with Crippen molar-refractivity contribution in [2.45, 2.75) is 51.7 Å². The summed E-state index contributed by atoms with van der Waals surface area (Å²) in [6, 6.07) is 2.59. The van der Waals surface area contributed by atoms with E-state index >= 15 is 0 Å². The first-order valence-electron chi connectivity index (χ1n) is 6.58. The summed E-state index contributed by atoms with van der Waals surface area (Å²) in [6.45, 7) is 8.63. The van der Waals surface area contributed by atoms with E-state index in [-0.39, 0.29) is 5.60 Å². The quantitative estimate of drug-likeness (QED) is 0.864. The molecule has 17 heavy (non-hydrogen) atoms. The lowest BCUT2D eigenvalue weighted by atomic mass is 9.88. The van der Waals surface area contributed by atoms with Gasteiger partial charge in [0.25, 0.3) is 0 Å². The van der Waals surface area contributed by atoms with Gasteiger partial charge < -0.3 is 10.1 Å². The maximum absolute atomic E-state index is 6.02. The first-order chi connectivity index (χ1) is 8.17. The number of nitrogens with one attached hydrogen (secondary N) is 1. The van der Waals surface area contributed by atoms with E-state index in [0.29, 0.717) is 6.04 Å². The summed E-state index contributed by atoms with van der Waals surface area (Å²) >= 11 is 1.83. The Balaban J connectivity index is 2.21. The second-order valence-corrected chi connectivity index (χ2v) is 6.20. The largest absolute Gasteiger partial charge is 0.373 e. The van der Waals surface area contributed by atoms with Gasteiger partial charge in [-0.05, 0) is 56.7 Å². The Labute approximate surface area is 108 Å². The molecule has 2 heterocycles. The van der Waals surface area contributed by atoms with Gasteiger partial charge in [-0.25, -0.2) is 0 Å². The van der Waals surface area contributed by atoms with Crippen molar-refractivity contribution >= 4 is 11.3 Å². The van der Waals surface area contributed by atoms with E-state index in [1.165, 1.54) is 16.9 Å². The average Bonchev–Trinajstić information content (AvgIpc) is 2.90. The summed E-state index contributed by atoms with van der Waals surface area (Å²) in [5.74, 6) is 0. The Morgan fingerprint density at radius 1 is 1.59 bits per heavy atom. The minimum atomic E-state index is -0.0268. The number of aryl methyl sites for hydroxylation is 1. The molecule has 2 rings (SSSR count). The van der Waals surface area contributed by atoms with Crippen molar-refractivity contribution < 1.29 is 4.74 Å². The molecule has 0 aromatic carbocycles. The highest BCUT2D eigenvalue weighted by molar-refractivity contribution is 7.10. The van der Waals surface area contributed by atoms with Crippen LogP contribution in [0.2, 0.25) is 0 Å². The van der Waals surface area contributed by atoms with Crippen molar-refractivity contribution in [3.8, 4) is 0 Å². The number of hydrogen-bond acceptors (Lipinski definition) is 3. The van der Waals surface area contributed by atoms with Crippen molar-refractivity contribution in [3.63, 3.8) is 0 Å². The molecule has 2 unspecified atom stereocenters. The van der Waals surface area contributed by atoms with E-state index in [4.69, 9.17) is 4.74 Å². The average molecular weight is 253 g/mol. The molecule has 2 nitrogen and oxygen atoms in total. The third-order valence-electron chi connectivity index (χ3n) is 3.67. The van der Waals surface area contributed by atoms with Gasteiger partial charge in [-0.3, -0.25) is 0 Å². The Bertz CT molecular complexity index is 355. The van der Waals surface area contributed by atoms with Gasteiger partial charge in [0, 0.05) is 11.5 Å². The zero-order chi connectivity index (χ0) is 12.3. The van der Waals surface area contributed by atoms with E-state index < -0.39 is 0 Å². The highest BCUT2D eigenvalue weighted by Crippen LogP contribution is 2.39. The SMILES string of the molecule is CCCNC(c1ccsc1C)C1(C)CCCO1. The van der Waals surface area contributed by atoms with Gasteiger partial charge in [0.1, 0.15) is 0 Å². The maximum atomic E-state index is 6.02. The van der Waals surface area contributed by atoms with Gasteiger partial charge >= 0.3 is 0 Å².